The van der Waals surface area contributed by atoms with Crippen LogP contribution in [0.4, 0.5) is 10.5 Å². The van der Waals surface area contributed by atoms with E-state index in [1.54, 1.807) is 23.1 Å². The maximum atomic E-state index is 12.2. The van der Waals surface area contributed by atoms with Crippen LogP contribution in [-0.4, -0.2) is 49.6 Å². The van der Waals surface area contributed by atoms with E-state index in [2.05, 4.69) is 16.0 Å². The van der Waals surface area contributed by atoms with Crippen molar-refractivity contribution < 1.29 is 19.1 Å². The molecule has 8 nitrogen and oxygen atoms in total. The molecule has 1 aromatic carbocycles. The normalized spacial score (nSPS) is 16.3. The van der Waals surface area contributed by atoms with Crippen molar-refractivity contribution >= 4 is 23.5 Å². The topological polar surface area (TPSA) is 99.8 Å². The fraction of sp³-hybridized carbons (Fsp3) is 0.471. The summed E-state index contributed by atoms with van der Waals surface area (Å²) < 4.78 is 5.68. The molecule has 1 atom stereocenters. The highest BCUT2D eigenvalue weighted by atomic mass is 16.5. The average Bonchev–Trinajstić information content (AvgIpc) is 2.51. The number of nitrogens with one attached hydrogen (secondary N) is 3. The first-order chi connectivity index (χ1) is 11.7. The largest absolute Gasteiger partial charge is 0.477 e. The van der Waals surface area contributed by atoms with Gasteiger partial charge in [-0.05, 0) is 32.9 Å². The van der Waals surface area contributed by atoms with Gasteiger partial charge in [-0.25, -0.2) is 4.79 Å². The predicted molar refractivity (Wildman–Crippen MR) is 93.6 cm³/mol. The summed E-state index contributed by atoms with van der Waals surface area (Å²) in [6.07, 6.45) is -0.726. The molecular weight excluding hydrogens is 324 g/mol. The van der Waals surface area contributed by atoms with Gasteiger partial charge in [0.1, 0.15) is 5.75 Å². The standard InChI is InChI=1S/C17H24N4O4/c1-17(2,3)20-16(24)19-14(22)10-21-9-13(15(23)18-4)25-12-8-6-5-7-11(12)21/h5-8,13H,9-10H2,1-4H3,(H,18,23)(H2,19,20,22,24)/t13-/m0/s1. The molecule has 0 unspecified atom stereocenters. The molecule has 1 heterocycles. The van der Waals surface area contributed by atoms with Crippen LogP contribution in [0, 0.1) is 0 Å². The molecule has 2 rings (SSSR count). The number of carbonyl (C=O) groups excluding carboxylic acids is 3. The number of para-hydroxylation sites is 2. The SMILES string of the molecule is CNC(=O)[C@@H]1CN(CC(=O)NC(=O)NC(C)(C)C)c2ccccc2O1. The quantitative estimate of drug-likeness (QED) is 0.744. The first kappa shape index (κ1) is 18.6. The van der Waals surface area contributed by atoms with Crippen molar-refractivity contribution in [3.63, 3.8) is 0 Å². The van der Waals surface area contributed by atoms with Gasteiger partial charge in [-0.3, -0.25) is 14.9 Å². The van der Waals surface area contributed by atoms with Gasteiger partial charge in [-0.1, -0.05) is 12.1 Å². The average molecular weight is 348 g/mol. The smallest absolute Gasteiger partial charge is 0.321 e. The zero-order valence-corrected chi connectivity index (χ0v) is 14.9. The van der Waals surface area contributed by atoms with E-state index in [1.165, 1.54) is 7.05 Å². The van der Waals surface area contributed by atoms with Crippen LogP contribution in [0.1, 0.15) is 20.8 Å². The Morgan fingerprint density at radius 3 is 2.56 bits per heavy atom. The highest BCUT2D eigenvalue weighted by Crippen LogP contribution is 2.32. The van der Waals surface area contributed by atoms with Crippen LogP contribution in [0.15, 0.2) is 24.3 Å². The zero-order valence-electron chi connectivity index (χ0n) is 14.9. The van der Waals surface area contributed by atoms with Crippen molar-refractivity contribution in [2.24, 2.45) is 0 Å². The first-order valence-corrected chi connectivity index (χ1v) is 8.04. The van der Waals surface area contributed by atoms with E-state index in [9.17, 15) is 14.4 Å². The highest BCUT2D eigenvalue weighted by molar-refractivity contribution is 5.97. The lowest BCUT2D eigenvalue weighted by atomic mass is 10.1. The Bertz CT molecular complexity index is 669. The molecule has 0 aliphatic carbocycles. The van der Waals surface area contributed by atoms with Crippen LogP contribution >= 0.6 is 0 Å². The first-order valence-electron chi connectivity index (χ1n) is 8.04. The van der Waals surface area contributed by atoms with Crippen LogP contribution in [0.5, 0.6) is 5.75 Å². The van der Waals surface area contributed by atoms with Crippen LogP contribution in [0.2, 0.25) is 0 Å². The Kier molecular flexibility index (Phi) is 5.51. The summed E-state index contributed by atoms with van der Waals surface area (Å²) in [6.45, 7) is 5.62. The number of anilines is 1. The van der Waals surface area contributed by atoms with Gasteiger partial charge in [0.15, 0.2) is 6.10 Å². The van der Waals surface area contributed by atoms with Gasteiger partial charge < -0.3 is 20.3 Å². The number of amides is 4. The molecule has 25 heavy (non-hydrogen) atoms. The van der Waals surface area contributed by atoms with Crippen molar-refractivity contribution in [2.75, 3.05) is 25.0 Å². The zero-order chi connectivity index (χ0) is 18.6. The van der Waals surface area contributed by atoms with E-state index in [0.717, 1.165) is 0 Å². The number of hydrogen-bond donors (Lipinski definition) is 3. The molecule has 0 fully saturated rings. The third-order valence-corrected chi connectivity index (χ3v) is 3.48. The Morgan fingerprint density at radius 1 is 1.24 bits per heavy atom. The maximum Gasteiger partial charge on any atom is 0.321 e. The summed E-state index contributed by atoms with van der Waals surface area (Å²) in [6, 6.07) is 6.60. The predicted octanol–water partition coefficient (Wildman–Crippen LogP) is 0.624. The summed E-state index contributed by atoms with van der Waals surface area (Å²) in [5.74, 6) is -0.214. The Labute approximate surface area is 146 Å². The third-order valence-electron chi connectivity index (χ3n) is 3.48. The lowest BCUT2D eigenvalue weighted by molar-refractivity contribution is -0.127. The van der Waals surface area contributed by atoms with Gasteiger partial charge in [0.2, 0.25) is 5.91 Å². The molecule has 0 saturated heterocycles. The summed E-state index contributed by atoms with van der Waals surface area (Å²) in [7, 11) is 1.53. The number of hydrogen-bond acceptors (Lipinski definition) is 5. The second kappa shape index (κ2) is 7.42. The third kappa shape index (κ3) is 5.10. The lowest BCUT2D eigenvalue weighted by Crippen LogP contribution is -2.53. The molecule has 0 radical (unpaired) electrons. The Hall–Kier alpha value is -2.77. The van der Waals surface area contributed by atoms with E-state index < -0.39 is 23.6 Å². The molecule has 0 spiro atoms. The number of fused-ring (bicyclic) bond motifs is 1. The molecule has 1 aromatic rings. The molecule has 0 aromatic heterocycles. The van der Waals surface area contributed by atoms with Crippen LogP contribution in [-0.2, 0) is 9.59 Å². The number of ether oxygens (including phenoxy) is 1. The van der Waals surface area contributed by atoms with E-state index in [4.69, 9.17) is 4.74 Å². The number of nitrogens with zero attached hydrogens (tertiary/aromatic N) is 1. The Balaban J connectivity index is 2.08. The molecule has 1 aliphatic heterocycles. The van der Waals surface area contributed by atoms with Gasteiger partial charge in [0.05, 0.1) is 18.8 Å². The fourth-order valence-electron chi connectivity index (χ4n) is 2.47. The fourth-order valence-corrected chi connectivity index (χ4v) is 2.47. The van der Waals surface area contributed by atoms with Crippen LogP contribution < -0.4 is 25.6 Å². The van der Waals surface area contributed by atoms with Crippen molar-refractivity contribution in [1.29, 1.82) is 0 Å². The molecule has 0 saturated carbocycles. The van der Waals surface area contributed by atoms with E-state index in [1.807, 2.05) is 26.8 Å². The summed E-state index contributed by atoms with van der Waals surface area (Å²) >= 11 is 0. The summed E-state index contributed by atoms with van der Waals surface area (Å²) in [5.41, 5.74) is 0.259. The molecule has 3 N–H and O–H groups in total. The van der Waals surface area contributed by atoms with Crippen molar-refractivity contribution in [2.45, 2.75) is 32.4 Å². The maximum absolute atomic E-state index is 12.2. The molecular formula is C17H24N4O4. The summed E-state index contributed by atoms with van der Waals surface area (Å²) in [4.78, 5) is 37.7. The van der Waals surface area contributed by atoms with E-state index in [-0.39, 0.29) is 19.0 Å². The van der Waals surface area contributed by atoms with Gasteiger partial charge in [-0.15, -0.1) is 0 Å². The minimum Gasteiger partial charge on any atom is -0.477 e. The van der Waals surface area contributed by atoms with Crippen LogP contribution in [0.25, 0.3) is 0 Å². The minimum atomic E-state index is -0.726. The molecule has 136 valence electrons. The van der Waals surface area contributed by atoms with E-state index >= 15 is 0 Å². The second-order valence-corrected chi connectivity index (χ2v) is 6.82. The molecule has 4 amide bonds. The van der Waals surface area contributed by atoms with Gasteiger partial charge in [-0.2, -0.15) is 0 Å². The van der Waals surface area contributed by atoms with Gasteiger partial charge in [0.25, 0.3) is 5.91 Å². The summed E-state index contributed by atoms with van der Waals surface area (Å²) in [5, 5.41) is 7.51. The lowest BCUT2D eigenvalue weighted by Gasteiger charge is -2.35. The highest BCUT2D eigenvalue weighted by Gasteiger charge is 2.31. The molecule has 1 aliphatic rings. The number of benzene rings is 1. The van der Waals surface area contributed by atoms with Crippen molar-refractivity contribution in [3.05, 3.63) is 24.3 Å². The van der Waals surface area contributed by atoms with Crippen molar-refractivity contribution in [3.8, 4) is 5.75 Å². The monoisotopic (exact) mass is 348 g/mol. The molecule has 0 bridgehead atoms. The number of urea groups is 1. The minimum absolute atomic E-state index is 0.0641. The van der Waals surface area contributed by atoms with Gasteiger partial charge in [0, 0.05) is 12.6 Å². The van der Waals surface area contributed by atoms with Crippen LogP contribution in [0.3, 0.4) is 0 Å². The van der Waals surface area contributed by atoms with E-state index in [0.29, 0.717) is 11.4 Å². The number of carbonyl (C=O) groups is 3. The number of imide groups is 1. The van der Waals surface area contributed by atoms with Crippen molar-refractivity contribution in [1.82, 2.24) is 16.0 Å². The molecule has 8 heteroatoms. The number of rotatable bonds is 3. The second-order valence-electron chi connectivity index (χ2n) is 6.82. The van der Waals surface area contributed by atoms with Gasteiger partial charge >= 0.3 is 6.03 Å². The Morgan fingerprint density at radius 2 is 1.92 bits per heavy atom. The number of likely N-dealkylation sites (N-methyl/N-ethyl adjacent to an activating group) is 1.